The summed E-state index contributed by atoms with van der Waals surface area (Å²) in [5.41, 5.74) is 1.71. The van der Waals surface area contributed by atoms with Crippen LogP contribution in [0.1, 0.15) is 42.6 Å². The number of hydrogen-bond donors (Lipinski definition) is 0. The highest BCUT2D eigenvalue weighted by atomic mass is 35.5. The highest BCUT2D eigenvalue weighted by molar-refractivity contribution is 6.33. The molecule has 1 aromatic rings. The van der Waals surface area contributed by atoms with Gasteiger partial charge in [0.2, 0.25) is 0 Å². The van der Waals surface area contributed by atoms with Crippen molar-refractivity contribution in [3.8, 4) is 0 Å². The summed E-state index contributed by atoms with van der Waals surface area (Å²) in [6.45, 7) is 7.70. The lowest BCUT2D eigenvalue weighted by atomic mass is 10.1. The van der Waals surface area contributed by atoms with E-state index in [9.17, 15) is 4.79 Å². The van der Waals surface area contributed by atoms with E-state index in [2.05, 4.69) is 0 Å². The van der Waals surface area contributed by atoms with Gasteiger partial charge in [0, 0.05) is 13.1 Å². The van der Waals surface area contributed by atoms with E-state index in [1.807, 2.05) is 43.9 Å². The van der Waals surface area contributed by atoms with E-state index in [1.165, 1.54) is 0 Å². The maximum Gasteiger partial charge on any atom is 0.255 e. The minimum atomic E-state index is 0.0671. The standard InChI is InChI=1S/C12H14ClNO.C2H6/c1-9-4-5-10(11(13)8-9)12(15)14-6-2-3-7-14;1-2/h4-5,8H,2-3,6-7H2,1H3;1-2H3. The Bertz CT molecular complexity index is 384. The quantitative estimate of drug-likeness (QED) is 0.743. The Hall–Kier alpha value is -1.02. The summed E-state index contributed by atoms with van der Waals surface area (Å²) in [7, 11) is 0. The zero-order valence-electron chi connectivity index (χ0n) is 10.8. The fourth-order valence-corrected chi connectivity index (χ4v) is 2.20. The summed E-state index contributed by atoms with van der Waals surface area (Å²) in [6, 6.07) is 5.58. The Morgan fingerprint density at radius 1 is 1.24 bits per heavy atom. The van der Waals surface area contributed by atoms with E-state index in [0.717, 1.165) is 31.5 Å². The first kappa shape index (κ1) is 14.0. The van der Waals surface area contributed by atoms with Crippen LogP contribution in [-0.2, 0) is 0 Å². The van der Waals surface area contributed by atoms with Crippen LogP contribution in [0.4, 0.5) is 0 Å². The van der Waals surface area contributed by atoms with Gasteiger partial charge < -0.3 is 4.90 Å². The summed E-state index contributed by atoms with van der Waals surface area (Å²) in [6.07, 6.45) is 2.21. The molecule has 2 rings (SSSR count). The number of nitrogens with zero attached hydrogens (tertiary/aromatic N) is 1. The van der Waals surface area contributed by atoms with Gasteiger partial charge in [-0.1, -0.05) is 31.5 Å². The van der Waals surface area contributed by atoms with Crippen LogP contribution in [0, 0.1) is 6.92 Å². The molecule has 0 atom stereocenters. The molecule has 0 aliphatic carbocycles. The van der Waals surface area contributed by atoms with Gasteiger partial charge in [0.25, 0.3) is 5.91 Å². The van der Waals surface area contributed by atoms with Crippen LogP contribution in [0.25, 0.3) is 0 Å². The summed E-state index contributed by atoms with van der Waals surface area (Å²) in [5, 5.41) is 0.562. The number of rotatable bonds is 1. The lowest BCUT2D eigenvalue weighted by Crippen LogP contribution is -2.27. The molecular formula is C14H20ClNO. The van der Waals surface area contributed by atoms with E-state index >= 15 is 0 Å². The number of aryl methyl sites for hydroxylation is 1. The number of carbonyl (C=O) groups excluding carboxylic acids is 1. The Balaban J connectivity index is 0.000000686. The summed E-state index contributed by atoms with van der Waals surface area (Å²) < 4.78 is 0. The average Bonchev–Trinajstić information content (AvgIpc) is 2.84. The third-order valence-electron chi connectivity index (χ3n) is 2.75. The molecule has 1 heterocycles. The maximum atomic E-state index is 12.0. The van der Waals surface area contributed by atoms with Crippen LogP contribution in [0.3, 0.4) is 0 Å². The molecule has 94 valence electrons. The highest BCUT2D eigenvalue weighted by Crippen LogP contribution is 2.21. The third kappa shape index (κ3) is 3.47. The molecule has 2 nitrogen and oxygen atoms in total. The molecule has 17 heavy (non-hydrogen) atoms. The fraction of sp³-hybridized carbons (Fsp3) is 0.500. The van der Waals surface area contributed by atoms with E-state index in [1.54, 1.807) is 0 Å². The van der Waals surface area contributed by atoms with Crippen LogP contribution in [0.5, 0.6) is 0 Å². The number of hydrogen-bond acceptors (Lipinski definition) is 1. The second-order valence-corrected chi connectivity index (χ2v) is 4.39. The van der Waals surface area contributed by atoms with Crippen molar-refractivity contribution in [1.82, 2.24) is 4.90 Å². The molecule has 1 aliphatic heterocycles. The maximum absolute atomic E-state index is 12.0. The minimum absolute atomic E-state index is 0.0671. The van der Waals surface area contributed by atoms with Crippen LogP contribution in [-0.4, -0.2) is 23.9 Å². The first-order valence-electron chi connectivity index (χ1n) is 6.24. The van der Waals surface area contributed by atoms with Gasteiger partial charge in [-0.2, -0.15) is 0 Å². The second kappa shape index (κ2) is 6.65. The van der Waals surface area contributed by atoms with Crippen LogP contribution >= 0.6 is 11.6 Å². The molecule has 0 radical (unpaired) electrons. The molecule has 1 saturated heterocycles. The van der Waals surface area contributed by atoms with Crippen molar-refractivity contribution in [2.75, 3.05) is 13.1 Å². The lowest BCUT2D eigenvalue weighted by molar-refractivity contribution is 0.0793. The van der Waals surface area contributed by atoms with Crippen LogP contribution in [0.15, 0.2) is 18.2 Å². The zero-order chi connectivity index (χ0) is 12.8. The third-order valence-corrected chi connectivity index (χ3v) is 3.06. The van der Waals surface area contributed by atoms with E-state index < -0.39 is 0 Å². The predicted octanol–water partition coefficient (Wildman–Crippen LogP) is 3.91. The Morgan fingerprint density at radius 3 is 2.35 bits per heavy atom. The first-order chi connectivity index (χ1) is 8.18. The van der Waals surface area contributed by atoms with Crippen molar-refractivity contribution in [1.29, 1.82) is 0 Å². The molecule has 0 saturated carbocycles. The molecule has 0 spiro atoms. The molecule has 0 unspecified atom stereocenters. The molecule has 0 aromatic heterocycles. The minimum Gasteiger partial charge on any atom is -0.339 e. The zero-order valence-corrected chi connectivity index (χ0v) is 11.5. The highest BCUT2D eigenvalue weighted by Gasteiger charge is 2.21. The number of carbonyl (C=O) groups is 1. The van der Waals surface area contributed by atoms with Crippen molar-refractivity contribution < 1.29 is 4.79 Å². The lowest BCUT2D eigenvalue weighted by Gasteiger charge is -2.16. The molecular weight excluding hydrogens is 234 g/mol. The van der Waals surface area contributed by atoms with Crippen molar-refractivity contribution in [2.24, 2.45) is 0 Å². The molecule has 0 N–H and O–H groups in total. The molecule has 1 fully saturated rings. The van der Waals surface area contributed by atoms with Gasteiger partial charge in [-0.3, -0.25) is 4.79 Å². The first-order valence-corrected chi connectivity index (χ1v) is 6.62. The van der Waals surface area contributed by atoms with Gasteiger partial charge in [-0.05, 0) is 37.5 Å². The van der Waals surface area contributed by atoms with Gasteiger partial charge in [-0.15, -0.1) is 0 Å². The number of amides is 1. The summed E-state index contributed by atoms with van der Waals surface area (Å²) in [4.78, 5) is 13.9. The number of benzene rings is 1. The van der Waals surface area contributed by atoms with Crippen molar-refractivity contribution in [3.63, 3.8) is 0 Å². The molecule has 1 aliphatic rings. The number of likely N-dealkylation sites (tertiary alicyclic amines) is 1. The normalized spacial score (nSPS) is 14.2. The van der Waals surface area contributed by atoms with Gasteiger partial charge in [0.05, 0.1) is 10.6 Å². The largest absolute Gasteiger partial charge is 0.339 e. The van der Waals surface area contributed by atoms with Crippen LogP contribution in [0.2, 0.25) is 5.02 Å². The average molecular weight is 254 g/mol. The van der Waals surface area contributed by atoms with E-state index in [-0.39, 0.29) is 5.91 Å². The summed E-state index contributed by atoms with van der Waals surface area (Å²) >= 11 is 6.06. The van der Waals surface area contributed by atoms with Gasteiger partial charge in [0.15, 0.2) is 0 Å². The Kier molecular flexibility index (Phi) is 5.49. The molecule has 3 heteroatoms. The number of halogens is 1. The van der Waals surface area contributed by atoms with Gasteiger partial charge in [-0.25, -0.2) is 0 Å². The molecule has 1 amide bonds. The van der Waals surface area contributed by atoms with Crippen molar-refractivity contribution in [3.05, 3.63) is 34.3 Å². The SMILES string of the molecule is CC.Cc1ccc(C(=O)N2CCCC2)c(Cl)c1. The fourth-order valence-electron chi connectivity index (χ4n) is 1.88. The van der Waals surface area contributed by atoms with Crippen molar-refractivity contribution in [2.45, 2.75) is 33.6 Å². The van der Waals surface area contributed by atoms with Crippen molar-refractivity contribution >= 4 is 17.5 Å². The topological polar surface area (TPSA) is 20.3 Å². The Morgan fingerprint density at radius 2 is 1.82 bits per heavy atom. The smallest absolute Gasteiger partial charge is 0.255 e. The van der Waals surface area contributed by atoms with E-state index in [4.69, 9.17) is 11.6 Å². The predicted molar refractivity (Wildman–Crippen MR) is 72.7 cm³/mol. The van der Waals surface area contributed by atoms with Gasteiger partial charge in [0.1, 0.15) is 0 Å². The molecule has 1 aromatic carbocycles. The second-order valence-electron chi connectivity index (χ2n) is 3.98. The van der Waals surface area contributed by atoms with Gasteiger partial charge >= 0.3 is 0 Å². The Labute approximate surface area is 109 Å². The van der Waals surface area contributed by atoms with E-state index in [0.29, 0.717) is 10.6 Å². The molecule has 0 bridgehead atoms. The van der Waals surface area contributed by atoms with Crippen LogP contribution < -0.4 is 0 Å². The monoisotopic (exact) mass is 253 g/mol. The summed E-state index contributed by atoms with van der Waals surface area (Å²) in [5.74, 6) is 0.0671.